The highest BCUT2D eigenvalue weighted by atomic mass is 32.2. The van der Waals surface area contributed by atoms with Crippen LogP contribution >= 0.6 is 0 Å². The fourth-order valence-corrected chi connectivity index (χ4v) is 3.67. The molecule has 1 aromatic carbocycles. The maximum Gasteiger partial charge on any atom is 0.211 e. The van der Waals surface area contributed by atoms with Crippen molar-refractivity contribution in [3.05, 3.63) is 23.3 Å². The van der Waals surface area contributed by atoms with E-state index in [9.17, 15) is 8.42 Å². The molecule has 0 fully saturated rings. The molecule has 0 aliphatic carbocycles. The lowest BCUT2D eigenvalue weighted by molar-refractivity contribution is 0.346. The zero-order chi connectivity index (χ0) is 19.9. The molecule has 0 spiro atoms. The van der Waals surface area contributed by atoms with Crippen LogP contribution in [-0.4, -0.2) is 65.9 Å². The Morgan fingerprint density at radius 3 is 2.44 bits per heavy atom. The molecular formula is C18H30N4O4S. The van der Waals surface area contributed by atoms with Crippen molar-refractivity contribution in [3.63, 3.8) is 0 Å². The van der Waals surface area contributed by atoms with E-state index in [1.807, 2.05) is 12.1 Å². The van der Waals surface area contributed by atoms with Crippen molar-refractivity contribution in [3.8, 4) is 11.5 Å². The van der Waals surface area contributed by atoms with Gasteiger partial charge in [-0.1, -0.05) is 0 Å². The molecule has 0 atom stereocenters. The highest BCUT2D eigenvalue weighted by Gasteiger charge is 2.21. The minimum atomic E-state index is -3.13. The summed E-state index contributed by atoms with van der Waals surface area (Å²) in [7, 11) is 1.91. The molecule has 9 heteroatoms. The number of rotatable bonds is 8. The molecule has 0 bridgehead atoms. The number of methoxy groups -OCH3 is 2. The molecule has 0 aromatic heterocycles. The van der Waals surface area contributed by atoms with Gasteiger partial charge in [0.15, 0.2) is 17.5 Å². The van der Waals surface area contributed by atoms with Gasteiger partial charge in [-0.2, -0.15) is 0 Å². The average Bonchev–Trinajstić information content (AvgIpc) is 2.69. The minimum Gasteiger partial charge on any atom is -0.493 e. The summed E-state index contributed by atoms with van der Waals surface area (Å²) in [5, 5.41) is 3.31. The molecule has 1 heterocycles. The first-order valence-electron chi connectivity index (χ1n) is 9.10. The van der Waals surface area contributed by atoms with Crippen molar-refractivity contribution in [2.45, 2.75) is 26.3 Å². The zero-order valence-corrected chi connectivity index (χ0v) is 17.4. The lowest BCUT2D eigenvalue weighted by atomic mass is 9.99. The Morgan fingerprint density at radius 1 is 1.19 bits per heavy atom. The molecule has 8 nitrogen and oxygen atoms in total. The molecule has 2 rings (SSSR count). The van der Waals surface area contributed by atoms with Gasteiger partial charge in [-0.05, 0) is 43.0 Å². The molecular weight excluding hydrogens is 368 g/mol. The van der Waals surface area contributed by atoms with Gasteiger partial charge in [0.25, 0.3) is 0 Å². The van der Waals surface area contributed by atoms with E-state index < -0.39 is 10.0 Å². The topological polar surface area (TPSA) is 92.3 Å². The normalized spacial score (nSPS) is 14.7. The number of sulfonamides is 1. The van der Waals surface area contributed by atoms with Gasteiger partial charge >= 0.3 is 0 Å². The standard InChI is InChI=1S/C18H30N4O4S/c1-5-27(23,24)21-9-6-8-20-18(19-2)22-10-7-14-11-16(25-3)17(26-4)12-15(14)13-22/h11-12,21H,5-10,13H2,1-4H3,(H,19,20). The molecule has 1 aromatic rings. The Bertz CT molecular complexity index is 765. The van der Waals surface area contributed by atoms with Crippen molar-refractivity contribution in [2.75, 3.05) is 46.7 Å². The molecule has 0 amide bonds. The molecule has 27 heavy (non-hydrogen) atoms. The van der Waals surface area contributed by atoms with Crippen LogP contribution in [0.4, 0.5) is 0 Å². The number of hydrogen-bond donors (Lipinski definition) is 2. The van der Waals surface area contributed by atoms with E-state index in [4.69, 9.17) is 9.47 Å². The van der Waals surface area contributed by atoms with Gasteiger partial charge in [-0.15, -0.1) is 0 Å². The molecule has 2 N–H and O–H groups in total. The number of nitrogens with one attached hydrogen (secondary N) is 2. The molecule has 0 unspecified atom stereocenters. The lowest BCUT2D eigenvalue weighted by Crippen LogP contribution is -2.44. The number of nitrogens with zero attached hydrogens (tertiary/aromatic N) is 2. The van der Waals surface area contributed by atoms with E-state index in [1.165, 1.54) is 11.1 Å². The Kier molecular flexibility index (Phi) is 7.73. The van der Waals surface area contributed by atoms with Crippen LogP contribution in [0, 0.1) is 0 Å². The summed E-state index contributed by atoms with van der Waals surface area (Å²) < 4.78 is 36.2. The van der Waals surface area contributed by atoms with E-state index in [1.54, 1.807) is 28.2 Å². The Morgan fingerprint density at radius 2 is 1.85 bits per heavy atom. The second kappa shape index (κ2) is 9.80. The van der Waals surface area contributed by atoms with Gasteiger partial charge in [-0.3, -0.25) is 4.99 Å². The van der Waals surface area contributed by atoms with Gasteiger partial charge in [-0.25, -0.2) is 13.1 Å². The van der Waals surface area contributed by atoms with Crippen molar-refractivity contribution >= 4 is 16.0 Å². The van der Waals surface area contributed by atoms with Crippen molar-refractivity contribution < 1.29 is 17.9 Å². The fourth-order valence-electron chi connectivity index (χ4n) is 3.01. The van der Waals surface area contributed by atoms with E-state index in [0.717, 1.165) is 37.0 Å². The summed E-state index contributed by atoms with van der Waals surface area (Å²) in [4.78, 5) is 6.55. The summed E-state index contributed by atoms with van der Waals surface area (Å²) >= 11 is 0. The smallest absolute Gasteiger partial charge is 0.211 e. The Hall–Kier alpha value is -2.00. The third-order valence-corrected chi connectivity index (χ3v) is 5.97. The number of fused-ring (bicyclic) bond motifs is 1. The summed E-state index contributed by atoms with van der Waals surface area (Å²) in [5.41, 5.74) is 2.45. The van der Waals surface area contributed by atoms with E-state index in [0.29, 0.717) is 19.5 Å². The second-order valence-corrected chi connectivity index (χ2v) is 8.37. The predicted molar refractivity (Wildman–Crippen MR) is 107 cm³/mol. The number of ether oxygens (including phenoxy) is 2. The maximum atomic E-state index is 11.4. The van der Waals surface area contributed by atoms with Crippen LogP contribution in [0.2, 0.25) is 0 Å². The lowest BCUT2D eigenvalue weighted by Gasteiger charge is -2.32. The second-order valence-electron chi connectivity index (χ2n) is 6.27. The van der Waals surface area contributed by atoms with Gasteiger partial charge in [0, 0.05) is 33.2 Å². The van der Waals surface area contributed by atoms with Crippen molar-refractivity contribution in [2.24, 2.45) is 4.99 Å². The van der Waals surface area contributed by atoms with Crippen LogP contribution in [0.5, 0.6) is 11.5 Å². The molecule has 1 aliphatic heterocycles. The summed E-state index contributed by atoms with van der Waals surface area (Å²) in [6.07, 6.45) is 1.58. The van der Waals surface area contributed by atoms with Crippen LogP contribution in [0.15, 0.2) is 17.1 Å². The third kappa shape index (κ3) is 5.74. The van der Waals surface area contributed by atoms with Gasteiger partial charge in [0.1, 0.15) is 0 Å². The first-order chi connectivity index (χ1) is 12.9. The minimum absolute atomic E-state index is 0.101. The number of benzene rings is 1. The molecule has 0 saturated heterocycles. The van der Waals surface area contributed by atoms with Gasteiger partial charge < -0.3 is 19.7 Å². The van der Waals surface area contributed by atoms with Crippen LogP contribution in [-0.2, 0) is 23.0 Å². The van der Waals surface area contributed by atoms with Crippen LogP contribution in [0.3, 0.4) is 0 Å². The molecule has 1 aliphatic rings. The van der Waals surface area contributed by atoms with Crippen molar-refractivity contribution in [1.82, 2.24) is 14.9 Å². The predicted octanol–water partition coefficient (Wildman–Crippen LogP) is 0.967. The van der Waals surface area contributed by atoms with Crippen LogP contribution in [0.25, 0.3) is 0 Å². The van der Waals surface area contributed by atoms with E-state index in [2.05, 4.69) is 19.9 Å². The number of hydrogen-bond acceptors (Lipinski definition) is 5. The summed E-state index contributed by atoms with van der Waals surface area (Å²) in [6, 6.07) is 4.06. The Balaban J connectivity index is 1.92. The average molecular weight is 399 g/mol. The van der Waals surface area contributed by atoms with Gasteiger partial charge in [0.2, 0.25) is 10.0 Å². The highest BCUT2D eigenvalue weighted by molar-refractivity contribution is 7.89. The SMILES string of the molecule is CCS(=O)(=O)NCCCNC(=NC)N1CCc2cc(OC)c(OC)cc2C1. The molecule has 0 saturated carbocycles. The summed E-state index contributed by atoms with van der Waals surface area (Å²) in [5.74, 6) is 2.39. The van der Waals surface area contributed by atoms with Crippen LogP contribution in [0.1, 0.15) is 24.5 Å². The largest absolute Gasteiger partial charge is 0.493 e. The molecule has 0 radical (unpaired) electrons. The first kappa shape index (κ1) is 21.3. The summed E-state index contributed by atoms with van der Waals surface area (Å²) in [6.45, 7) is 4.28. The monoisotopic (exact) mass is 398 g/mol. The third-order valence-electron chi connectivity index (χ3n) is 4.57. The Labute approximate surface area is 162 Å². The zero-order valence-electron chi connectivity index (χ0n) is 16.5. The fraction of sp³-hybridized carbons (Fsp3) is 0.611. The van der Waals surface area contributed by atoms with Crippen LogP contribution < -0.4 is 19.5 Å². The van der Waals surface area contributed by atoms with E-state index >= 15 is 0 Å². The van der Waals surface area contributed by atoms with Crippen molar-refractivity contribution in [1.29, 1.82) is 0 Å². The highest BCUT2D eigenvalue weighted by Crippen LogP contribution is 2.33. The number of guanidine groups is 1. The number of aliphatic imine (C=N–C) groups is 1. The molecule has 152 valence electrons. The van der Waals surface area contributed by atoms with E-state index in [-0.39, 0.29) is 5.75 Å². The maximum absolute atomic E-state index is 11.4. The first-order valence-corrected chi connectivity index (χ1v) is 10.8. The quantitative estimate of drug-likeness (QED) is 0.385. The van der Waals surface area contributed by atoms with Gasteiger partial charge in [0.05, 0.1) is 20.0 Å².